The number of benzene rings is 1. The van der Waals surface area contributed by atoms with Gasteiger partial charge in [0, 0.05) is 12.0 Å². The summed E-state index contributed by atoms with van der Waals surface area (Å²) < 4.78 is 5.24. The molecule has 0 amide bonds. The van der Waals surface area contributed by atoms with Crippen LogP contribution in [0.3, 0.4) is 0 Å². The molecule has 0 saturated heterocycles. The number of Topliss-reactive ketones (excluding diaryl/α,β-unsaturated/α-hetero) is 1. The quantitative estimate of drug-likeness (QED) is 0.738. The highest BCUT2D eigenvalue weighted by molar-refractivity contribution is 6.23. The summed E-state index contributed by atoms with van der Waals surface area (Å²) in [5.41, 5.74) is 4.80. The van der Waals surface area contributed by atoms with Gasteiger partial charge in [0.1, 0.15) is 5.75 Å². The number of ether oxygens (including phenoxy) is 1. The Morgan fingerprint density at radius 1 is 1.12 bits per heavy atom. The number of carbonyl (C=O) groups excluding carboxylic acids is 1. The third-order valence-electron chi connectivity index (χ3n) is 3.79. The van der Waals surface area contributed by atoms with Gasteiger partial charge in [-0.2, -0.15) is 0 Å². The predicted molar refractivity (Wildman–Crippen MR) is 67.1 cm³/mol. The van der Waals surface area contributed by atoms with Crippen molar-refractivity contribution in [3.63, 3.8) is 0 Å². The Labute approximate surface area is 101 Å². The fourth-order valence-electron chi connectivity index (χ4n) is 2.93. The van der Waals surface area contributed by atoms with Crippen LogP contribution in [0.4, 0.5) is 0 Å². The molecule has 1 aromatic rings. The van der Waals surface area contributed by atoms with E-state index in [0.29, 0.717) is 12.2 Å². The van der Waals surface area contributed by atoms with E-state index >= 15 is 0 Å². The Hall–Kier alpha value is -1.57. The highest BCUT2D eigenvalue weighted by Crippen LogP contribution is 2.39. The molecule has 0 spiro atoms. The van der Waals surface area contributed by atoms with E-state index in [-0.39, 0.29) is 0 Å². The number of carbonyl (C=O) groups is 1. The zero-order valence-electron chi connectivity index (χ0n) is 10.1. The molecule has 2 heteroatoms. The lowest BCUT2D eigenvalue weighted by Gasteiger charge is -2.26. The second-order valence-electron chi connectivity index (χ2n) is 4.78. The molecule has 0 unspecified atom stereocenters. The molecule has 0 heterocycles. The maximum Gasteiger partial charge on any atom is 0.163 e. The maximum absolute atomic E-state index is 12.1. The van der Waals surface area contributed by atoms with Crippen LogP contribution < -0.4 is 4.74 Å². The van der Waals surface area contributed by atoms with E-state index < -0.39 is 0 Å². The maximum atomic E-state index is 12.1. The summed E-state index contributed by atoms with van der Waals surface area (Å²) in [7, 11) is 1.68. The molecule has 0 aliphatic heterocycles. The Morgan fingerprint density at radius 2 is 2.00 bits per heavy atom. The number of aryl methyl sites for hydroxylation is 1. The van der Waals surface area contributed by atoms with Gasteiger partial charge in [0.25, 0.3) is 0 Å². The number of hydrogen-bond acceptors (Lipinski definition) is 2. The molecule has 0 bridgehead atoms. The van der Waals surface area contributed by atoms with Gasteiger partial charge in [0.05, 0.1) is 7.11 Å². The van der Waals surface area contributed by atoms with Gasteiger partial charge in [-0.1, -0.05) is 11.6 Å². The third kappa shape index (κ3) is 1.68. The van der Waals surface area contributed by atoms with E-state index in [1.807, 2.05) is 12.1 Å². The number of fused-ring (bicyclic) bond motifs is 2. The Balaban J connectivity index is 2.13. The van der Waals surface area contributed by atoms with Gasteiger partial charge in [-0.05, 0) is 48.9 Å². The van der Waals surface area contributed by atoms with E-state index in [9.17, 15) is 4.79 Å². The smallest absolute Gasteiger partial charge is 0.163 e. The molecule has 0 N–H and O–H groups in total. The van der Waals surface area contributed by atoms with Crippen molar-refractivity contribution in [2.45, 2.75) is 32.1 Å². The van der Waals surface area contributed by atoms with Crippen LogP contribution in [-0.4, -0.2) is 12.9 Å². The zero-order chi connectivity index (χ0) is 11.8. The molecule has 0 saturated carbocycles. The Bertz CT molecular complexity index is 512. The Morgan fingerprint density at radius 3 is 2.82 bits per heavy atom. The molecule has 0 fully saturated rings. The van der Waals surface area contributed by atoms with E-state index in [2.05, 4.69) is 6.07 Å². The highest BCUT2D eigenvalue weighted by atomic mass is 16.5. The van der Waals surface area contributed by atoms with Gasteiger partial charge < -0.3 is 4.74 Å². The molecular formula is C15H16O2. The Kier molecular flexibility index (Phi) is 2.50. The van der Waals surface area contributed by atoms with E-state index in [1.54, 1.807) is 7.11 Å². The van der Waals surface area contributed by atoms with Crippen LogP contribution in [0.15, 0.2) is 23.8 Å². The first-order chi connectivity index (χ1) is 8.29. The summed E-state index contributed by atoms with van der Waals surface area (Å²) in [6.45, 7) is 0. The summed E-state index contributed by atoms with van der Waals surface area (Å²) in [4.78, 5) is 12.1. The van der Waals surface area contributed by atoms with E-state index in [4.69, 9.17) is 4.74 Å². The molecule has 3 rings (SSSR count). The number of methoxy groups -OCH3 is 1. The largest absolute Gasteiger partial charge is 0.497 e. The topological polar surface area (TPSA) is 26.3 Å². The first kappa shape index (κ1) is 10.6. The third-order valence-corrected chi connectivity index (χ3v) is 3.79. The van der Waals surface area contributed by atoms with Crippen molar-refractivity contribution >= 4 is 11.4 Å². The summed E-state index contributed by atoms with van der Waals surface area (Å²) in [5.74, 6) is 1.22. The first-order valence-corrected chi connectivity index (χ1v) is 6.22. The zero-order valence-corrected chi connectivity index (χ0v) is 10.1. The SMILES string of the molecule is COc1ccc2c(c1)CCC1=C2C(=O)CCC1. The minimum absolute atomic E-state index is 0.331. The molecule has 1 aromatic carbocycles. The van der Waals surface area contributed by atoms with Crippen molar-refractivity contribution in [3.05, 3.63) is 34.9 Å². The van der Waals surface area contributed by atoms with Crippen molar-refractivity contribution in [2.75, 3.05) is 7.11 Å². The standard InChI is InChI=1S/C15H16O2/c1-17-12-7-8-13-11(9-12)6-5-10-3-2-4-14(16)15(10)13/h7-9H,2-6H2,1H3. The van der Waals surface area contributed by atoms with Crippen molar-refractivity contribution < 1.29 is 9.53 Å². The molecule has 17 heavy (non-hydrogen) atoms. The minimum Gasteiger partial charge on any atom is -0.497 e. The minimum atomic E-state index is 0.331. The van der Waals surface area contributed by atoms with Crippen molar-refractivity contribution in [3.8, 4) is 5.75 Å². The summed E-state index contributed by atoms with van der Waals surface area (Å²) in [6, 6.07) is 6.07. The first-order valence-electron chi connectivity index (χ1n) is 6.22. The van der Waals surface area contributed by atoms with Crippen LogP contribution >= 0.6 is 0 Å². The van der Waals surface area contributed by atoms with Gasteiger partial charge in [-0.25, -0.2) is 0 Å². The average molecular weight is 228 g/mol. The van der Waals surface area contributed by atoms with Crippen LogP contribution in [0.2, 0.25) is 0 Å². The summed E-state index contributed by atoms with van der Waals surface area (Å²) >= 11 is 0. The molecule has 0 atom stereocenters. The lowest BCUT2D eigenvalue weighted by Crippen LogP contribution is -2.16. The summed E-state index contributed by atoms with van der Waals surface area (Å²) in [6.07, 6.45) is 4.93. The number of hydrogen-bond donors (Lipinski definition) is 0. The molecule has 0 aromatic heterocycles. The normalized spacial score (nSPS) is 18.8. The van der Waals surface area contributed by atoms with Crippen LogP contribution in [0.5, 0.6) is 5.75 Å². The predicted octanol–water partition coefficient (Wildman–Crippen LogP) is 3.15. The fourth-order valence-corrected chi connectivity index (χ4v) is 2.93. The lowest BCUT2D eigenvalue weighted by molar-refractivity contribution is -0.114. The van der Waals surface area contributed by atoms with Crippen molar-refractivity contribution in [2.24, 2.45) is 0 Å². The average Bonchev–Trinajstić information content (AvgIpc) is 2.38. The van der Waals surface area contributed by atoms with Crippen LogP contribution in [0.25, 0.3) is 5.57 Å². The van der Waals surface area contributed by atoms with Gasteiger partial charge in [-0.3, -0.25) is 4.79 Å². The molecule has 2 aliphatic rings. The molecule has 2 nitrogen and oxygen atoms in total. The lowest BCUT2D eigenvalue weighted by atomic mass is 9.78. The summed E-state index contributed by atoms with van der Waals surface area (Å²) in [5, 5.41) is 0. The number of rotatable bonds is 1. The molecule has 2 aliphatic carbocycles. The number of ketones is 1. The molecule has 88 valence electrons. The van der Waals surface area contributed by atoms with Gasteiger partial charge in [0.15, 0.2) is 5.78 Å². The van der Waals surface area contributed by atoms with Gasteiger partial charge >= 0.3 is 0 Å². The van der Waals surface area contributed by atoms with Crippen molar-refractivity contribution in [1.82, 2.24) is 0 Å². The van der Waals surface area contributed by atoms with Crippen LogP contribution in [0.1, 0.15) is 36.8 Å². The van der Waals surface area contributed by atoms with Crippen LogP contribution in [0, 0.1) is 0 Å². The molecule has 0 radical (unpaired) electrons. The van der Waals surface area contributed by atoms with Gasteiger partial charge in [0.2, 0.25) is 0 Å². The molecular weight excluding hydrogens is 212 g/mol. The van der Waals surface area contributed by atoms with Crippen molar-refractivity contribution in [1.29, 1.82) is 0 Å². The van der Waals surface area contributed by atoms with Crippen LogP contribution in [-0.2, 0) is 11.2 Å². The second-order valence-corrected chi connectivity index (χ2v) is 4.78. The second kappa shape index (κ2) is 4.02. The fraction of sp³-hybridized carbons (Fsp3) is 0.400. The van der Waals surface area contributed by atoms with E-state index in [1.165, 1.54) is 11.1 Å². The van der Waals surface area contributed by atoms with Gasteiger partial charge in [-0.15, -0.1) is 0 Å². The monoisotopic (exact) mass is 228 g/mol. The number of allylic oxidation sites excluding steroid dienone is 2. The highest BCUT2D eigenvalue weighted by Gasteiger charge is 2.26. The van der Waals surface area contributed by atoms with E-state index in [0.717, 1.165) is 42.6 Å².